The summed E-state index contributed by atoms with van der Waals surface area (Å²) in [5.41, 5.74) is 0.976. The first-order valence-corrected chi connectivity index (χ1v) is 4.08. The van der Waals surface area contributed by atoms with Crippen molar-refractivity contribution in [3.05, 3.63) is 0 Å². The molecule has 1 atom stereocenters. The zero-order chi connectivity index (χ0) is 5.11. The fourth-order valence-corrected chi connectivity index (χ4v) is 1.84. The standard InChI is InChI=1S/C5H10NP/c6-5-2-1-3-7-4-5/h6-7H,1-4H2. The smallest absolute Gasteiger partial charge is 0.0130 e. The maximum Gasteiger partial charge on any atom is 0.0130 e. The van der Waals surface area contributed by atoms with Crippen molar-refractivity contribution in [1.29, 1.82) is 5.41 Å². The third kappa shape index (κ3) is 1.56. The van der Waals surface area contributed by atoms with E-state index in [-0.39, 0.29) is 0 Å². The molecular formula is C5H10NP. The van der Waals surface area contributed by atoms with Crippen LogP contribution in [-0.2, 0) is 0 Å². The number of nitrogens with one attached hydrogen (secondary N) is 1. The van der Waals surface area contributed by atoms with Crippen molar-refractivity contribution >= 4 is 14.3 Å². The zero-order valence-electron chi connectivity index (χ0n) is 4.33. The molecule has 0 amide bonds. The van der Waals surface area contributed by atoms with Crippen LogP contribution in [0.4, 0.5) is 0 Å². The van der Waals surface area contributed by atoms with Crippen molar-refractivity contribution in [3.8, 4) is 0 Å². The highest BCUT2D eigenvalue weighted by atomic mass is 31.1. The molecule has 0 radical (unpaired) electrons. The van der Waals surface area contributed by atoms with E-state index in [1.165, 1.54) is 12.6 Å². The topological polar surface area (TPSA) is 23.9 Å². The van der Waals surface area contributed by atoms with Gasteiger partial charge in [0, 0.05) is 11.9 Å². The Morgan fingerprint density at radius 3 is 2.71 bits per heavy atom. The van der Waals surface area contributed by atoms with Crippen molar-refractivity contribution in [3.63, 3.8) is 0 Å². The summed E-state index contributed by atoms with van der Waals surface area (Å²) in [6.07, 6.45) is 4.83. The summed E-state index contributed by atoms with van der Waals surface area (Å²) < 4.78 is 0. The van der Waals surface area contributed by atoms with Gasteiger partial charge in [-0.05, 0) is 19.0 Å². The van der Waals surface area contributed by atoms with E-state index in [0.29, 0.717) is 0 Å². The number of rotatable bonds is 0. The van der Waals surface area contributed by atoms with Gasteiger partial charge in [0.15, 0.2) is 0 Å². The SMILES string of the molecule is N=C1CCCPC1. The molecule has 0 aromatic carbocycles. The predicted molar refractivity (Wildman–Crippen MR) is 35.0 cm³/mol. The van der Waals surface area contributed by atoms with E-state index >= 15 is 0 Å². The Kier molecular flexibility index (Phi) is 1.81. The van der Waals surface area contributed by atoms with E-state index in [4.69, 9.17) is 5.41 Å². The summed E-state index contributed by atoms with van der Waals surface area (Å²) in [6.45, 7) is 0. The predicted octanol–water partition coefficient (Wildman–Crippen LogP) is 1.48. The Hall–Kier alpha value is 0.100. The molecule has 40 valence electrons. The van der Waals surface area contributed by atoms with E-state index in [9.17, 15) is 0 Å². The van der Waals surface area contributed by atoms with Crippen molar-refractivity contribution in [2.75, 3.05) is 12.3 Å². The van der Waals surface area contributed by atoms with E-state index in [0.717, 1.165) is 26.9 Å². The van der Waals surface area contributed by atoms with E-state index in [2.05, 4.69) is 0 Å². The lowest BCUT2D eigenvalue weighted by Crippen LogP contribution is -2.04. The fraction of sp³-hybridized carbons (Fsp3) is 0.800. The van der Waals surface area contributed by atoms with Gasteiger partial charge in [-0.1, -0.05) is 0 Å². The van der Waals surface area contributed by atoms with Crippen LogP contribution in [0.2, 0.25) is 0 Å². The highest BCUT2D eigenvalue weighted by Gasteiger charge is 2.02. The number of hydrogen-bond acceptors (Lipinski definition) is 1. The van der Waals surface area contributed by atoms with Crippen molar-refractivity contribution in [2.24, 2.45) is 0 Å². The first-order valence-electron chi connectivity index (χ1n) is 2.66. The summed E-state index contributed by atoms with van der Waals surface area (Å²) in [7, 11) is 1.06. The van der Waals surface area contributed by atoms with E-state index < -0.39 is 0 Å². The molecular weight excluding hydrogens is 105 g/mol. The molecule has 0 saturated carbocycles. The molecule has 1 fully saturated rings. The monoisotopic (exact) mass is 115 g/mol. The molecule has 0 aliphatic carbocycles. The van der Waals surface area contributed by atoms with Gasteiger partial charge in [0.2, 0.25) is 0 Å². The summed E-state index contributed by atoms with van der Waals surface area (Å²) >= 11 is 0. The third-order valence-electron chi connectivity index (χ3n) is 1.17. The van der Waals surface area contributed by atoms with Gasteiger partial charge in [0.25, 0.3) is 0 Å². The van der Waals surface area contributed by atoms with E-state index in [1.54, 1.807) is 0 Å². The molecule has 2 heteroatoms. The van der Waals surface area contributed by atoms with Gasteiger partial charge < -0.3 is 5.41 Å². The van der Waals surface area contributed by atoms with Gasteiger partial charge in [0.05, 0.1) is 0 Å². The Balaban J connectivity index is 2.25. The zero-order valence-corrected chi connectivity index (χ0v) is 5.33. The summed E-state index contributed by atoms with van der Waals surface area (Å²) in [4.78, 5) is 0. The van der Waals surface area contributed by atoms with Gasteiger partial charge in [0.1, 0.15) is 0 Å². The molecule has 0 aromatic heterocycles. The molecule has 1 rings (SSSR count). The van der Waals surface area contributed by atoms with Crippen LogP contribution in [0.5, 0.6) is 0 Å². The van der Waals surface area contributed by atoms with Crippen LogP contribution in [0.15, 0.2) is 0 Å². The first-order chi connectivity index (χ1) is 3.39. The molecule has 1 unspecified atom stereocenters. The lowest BCUT2D eigenvalue weighted by Gasteiger charge is -2.08. The second-order valence-corrected chi connectivity index (χ2v) is 3.24. The third-order valence-corrected chi connectivity index (χ3v) is 2.55. The molecule has 1 aliphatic rings. The second kappa shape index (κ2) is 2.42. The normalized spacial score (nSPS) is 26.0. The average molecular weight is 115 g/mol. The van der Waals surface area contributed by atoms with Crippen LogP contribution in [0.3, 0.4) is 0 Å². The minimum atomic E-state index is 0.976. The Morgan fingerprint density at radius 2 is 2.43 bits per heavy atom. The van der Waals surface area contributed by atoms with Gasteiger partial charge in [-0.15, -0.1) is 8.58 Å². The van der Waals surface area contributed by atoms with Crippen LogP contribution in [0.25, 0.3) is 0 Å². The molecule has 1 N–H and O–H groups in total. The highest BCUT2D eigenvalue weighted by Crippen LogP contribution is 2.19. The van der Waals surface area contributed by atoms with Crippen LogP contribution >= 0.6 is 8.58 Å². The summed E-state index contributed by atoms with van der Waals surface area (Å²) in [5, 5.41) is 7.20. The molecule has 0 bridgehead atoms. The Labute approximate surface area is 45.8 Å². The summed E-state index contributed by atoms with van der Waals surface area (Å²) in [5.74, 6) is 0. The Morgan fingerprint density at radius 1 is 1.57 bits per heavy atom. The maximum absolute atomic E-state index is 7.20. The molecule has 7 heavy (non-hydrogen) atoms. The van der Waals surface area contributed by atoms with E-state index in [1.807, 2.05) is 0 Å². The maximum atomic E-state index is 7.20. The number of hydrogen-bond donors (Lipinski definition) is 1. The van der Waals surface area contributed by atoms with Gasteiger partial charge in [-0.25, -0.2) is 0 Å². The molecule has 1 nitrogen and oxygen atoms in total. The molecule has 1 heterocycles. The quantitative estimate of drug-likeness (QED) is 0.462. The fourth-order valence-electron chi connectivity index (χ4n) is 0.754. The largest absolute Gasteiger partial charge is 0.309 e. The second-order valence-electron chi connectivity index (χ2n) is 1.88. The van der Waals surface area contributed by atoms with Crippen molar-refractivity contribution < 1.29 is 0 Å². The lowest BCUT2D eigenvalue weighted by atomic mass is 10.2. The molecule has 1 saturated heterocycles. The van der Waals surface area contributed by atoms with Gasteiger partial charge in [-0.3, -0.25) is 0 Å². The first kappa shape index (κ1) is 5.24. The minimum absolute atomic E-state index is 0.976. The van der Waals surface area contributed by atoms with Gasteiger partial charge in [-0.2, -0.15) is 0 Å². The van der Waals surface area contributed by atoms with Gasteiger partial charge >= 0.3 is 0 Å². The van der Waals surface area contributed by atoms with Crippen LogP contribution < -0.4 is 0 Å². The molecule has 1 aliphatic heterocycles. The van der Waals surface area contributed by atoms with Crippen LogP contribution in [0.1, 0.15) is 12.8 Å². The summed E-state index contributed by atoms with van der Waals surface area (Å²) in [6, 6.07) is 0. The molecule has 0 spiro atoms. The molecule has 0 aromatic rings. The van der Waals surface area contributed by atoms with Crippen molar-refractivity contribution in [2.45, 2.75) is 12.8 Å². The lowest BCUT2D eigenvalue weighted by molar-refractivity contribution is 0.976. The Bertz CT molecular complexity index is 72.1. The highest BCUT2D eigenvalue weighted by molar-refractivity contribution is 7.39. The average Bonchev–Trinajstić information content (AvgIpc) is 1.69. The van der Waals surface area contributed by atoms with Crippen LogP contribution in [0, 0.1) is 5.41 Å². The minimum Gasteiger partial charge on any atom is -0.309 e. The van der Waals surface area contributed by atoms with Crippen LogP contribution in [-0.4, -0.2) is 18.0 Å². The van der Waals surface area contributed by atoms with Crippen molar-refractivity contribution in [1.82, 2.24) is 0 Å².